The van der Waals surface area contributed by atoms with Crippen molar-refractivity contribution in [3.05, 3.63) is 26.9 Å². The summed E-state index contributed by atoms with van der Waals surface area (Å²) < 4.78 is 7.06. The van der Waals surface area contributed by atoms with Crippen molar-refractivity contribution in [3.63, 3.8) is 0 Å². The van der Waals surface area contributed by atoms with Crippen molar-refractivity contribution in [2.24, 2.45) is 0 Å². The first-order valence-electron chi connectivity index (χ1n) is 5.86. The minimum absolute atomic E-state index is 0.0772. The van der Waals surface area contributed by atoms with Crippen molar-refractivity contribution in [1.29, 1.82) is 0 Å². The van der Waals surface area contributed by atoms with Gasteiger partial charge in [-0.25, -0.2) is 0 Å². The van der Waals surface area contributed by atoms with Crippen LogP contribution in [-0.4, -0.2) is 26.4 Å². The van der Waals surface area contributed by atoms with E-state index in [4.69, 9.17) is 0 Å². The van der Waals surface area contributed by atoms with Crippen LogP contribution in [0, 0.1) is 6.92 Å². The molecule has 1 unspecified atom stereocenters. The molecule has 1 N–H and O–H groups in total. The Bertz CT molecular complexity index is 521. The van der Waals surface area contributed by atoms with Gasteiger partial charge in [0.25, 0.3) is 0 Å². The summed E-state index contributed by atoms with van der Waals surface area (Å²) in [6.45, 7) is 5.04. The SMILES string of the molecule is CCCn1ncc(Br)c1C(NC)c1snnc1C. The monoisotopic (exact) mass is 329 g/mol. The zero-order valence-electron chi connectivity index (χ0n) is 10.6. The van der Waals surface area contributed by atoms with Gasteiger partial charge in [0, 0.05) is 6.54 Å². The third-order valence-electron chi connectivity index (χ3n) is 2.78. The maximum atomic E-state index is 4.41. The third-order valence-corrected chi connectivity index (χ3v) is 4.28. The molecular weight excluding hydrogens is 314 g/mol. The van der Waals surface area contributed by atoms with Crippen molar-refractivity contribution in [2.75, 3.05) is 7.05 Å². The first-order chi connectivity index (χ1) is 8.69. The van der Waals surface area contributed by atoms with Crippen molar-refractivity contribution < 1.29 is 0 Å². The molecule has 0 aliphatic carbocycles. The summed E-state index contributed by atoms with van der Waals surface area (Å²) in [5.74, 6) is 0. The fraction of sp³-hybridized carbons (Fsp3) is 0.545. The molecule has 2 heterocycles. The number of hydrogen-bond donors (Lipinski definition) is 1. The Labute approximate surface area is 119 Å². The smallest absolute Gasteiger partial charge is 0.0886 e. The molecule has 0 spiro atoms. The minimum Gasteiger partial charge on any atom is -0.307 e. The van der Waals surface area contributed by atoms with Gasteiger partial charge in [-0.2, -0.15) is 5.10 Å². The third kappa shape index (κ3) is 2.48. The van der Waals surface area contributed by atoms with E-state index in [2.05, 4.69) is 42.9 Å². The Hall–Kier alpha value is -0.790. The Morgan fingerprint density at radius 2 is 2.33 bits per heavy atom. The van der Waals surface area contributed by atoms with Crippen molar-refractivity contribution in [3.8, 4) is 0 Å². The van der Waals surface area contributed by atoms with Gasteiger partial charge in [-0.3, -0.25) is 4.68 Å². The van der Waals surface area contributed by atoms with Crippen molar-refractivity contribution in [2.45, 2.75) is 32.9 Å². The van der Waals surface area contributed by atoms with Crippen LogP contribution in [-0.2, 0) is 6.54 Å². The zero-order chi connectivity index (χ0) is 13.1. The number of aryl methyl sites for hydroxylation is 2. The van der Waals surface area contributed by atoms with E-state index in [0.29, 0.717) is 0 Å². The Balaban J connectivity index is 2.45. The summed E-state index contributed by atoms with van der Waals surface area (Å²) in [6, 6.07) is 0.0772. The van der Waals surface area contributed by atoms with Crippen LogP contribution in [0.3, 0.4) is 0 Å². The minimum atomic E-state index is 0.0772. The number of nitrogens with zero attached hydrogens (tertiary/aromatic N) is 4. The van der Waals surface area contributed by atoms with Crippen molar-refractivity contribution >= 4 is 27.5 Å². The average Bonchev–Trinajstić information content (AvgIpc) is 2.91. The molecular formula is C11H16BrN5S. The second-order valence-electron chi connectivity index (χ2n) is 4.05. The lowest BCUT2D eigenvalue weighted by Crippen LogP contribution is -2.22. The maximum Gasteiger partial charge on any atom is 0.0886 e. The molecule has 0 aliphatic rings. The van der Waals surface area contributed by atoms with Gasteiger partial charge in [0.05, 0.1) is 33.0 Å². The van der Waals surface area contributed by atoms with Crippen LogP contribution in [0.1, 0.15) is 35.7 Å². The highest BCUT2D eigenvalue weighted by Crippen LogP contribution is 2.31. The highest BCUT2D eigenvalue weighted by Gasteiger charge is 2.24. The molecule has 0 fully saturated rings. The number of aromatic nitrogens is 4. The molecule has 0 amide bonds. The van der Waals surface area contributed by atoms with Gasteiger partial charge in [0.2, 0.25) is 0 Å². The van der Waals surface area contributed by atoms with E-state index in [9.17, 15) is 0 Å². The fourth-order valence-corrected chi connectivity index (χ4v) is 3.23. The zero-order valence-corrected chi connectivity index (χ0v) is 13.0. The molecule has 18 heavy (non-hydrogen) atoms. The Kier molecular flexibility index (Phi) is 4.47. The Morgan fingerprint density at radius 1 is 1.56 bits per heavy atom. The van der Waals surface area contributed by atoms with Gasteiger partial charge in [-0.1, -0.05) is 11.4 Å². The van der Waals surface area contributed by atoms with Crippen LogP contribution in [0.2, 0.25) is 0 Å². The topological polar surface area (TPSA) is 55.6 Å². The maximum absolute atomic E-state index is 4.41. The predicted octanol–water partition coefficient (Wildman–Crippen LogP) is 2.52. The molecule has 5 nitrogen and oxygen atoms in total. The summed E-state index contributed by atoms with van der Waals surface area (Å²) in [6.07, 6.45) is 2.90. The summed E-state index contributed by atoms with van der Waals surface area (Å²) >= 11 is 5.01. The van der Waals surface area contributed by atoms with E-state index in [1.165, 1.54) is 11.5 Å². The molecule has 0 saturated carbocycles. The van der Waals surface area contributed by atoms with Crippen LogP contribution in [0.4, 0.5) is 0 Å². The van der Waals surface area contributed by atoms with Gasteiger partial charge in [-0.15, -0.1) is 5.10 Å². The molecule has 2 rings (SSSR count). The lowest BCUT2D eigenvalue weighted by Gasteiger charge is -2.17. The molecule has 0 saturated heterocycles. The van der Waals surface area contributed by atoms with E-state index in [1.54, 1.807) is 0 Å². The largest absolute Gasteiger partial charge is 0.307 e. The van der Waals surface area contributed by atoms with Gasteiger partial charge in [0.1, 0.15) is 0 Å². The van der Waals surface area contributed by atoms with E-state index in [1.807, 2.05) is 24.9 Å². The summed E-state index contributed by atoms with van der Waals surface area (Å²) in [5.41, 5.74) is 2.10. The lowest BCUT2D eigenvalue weighted by molar-refractivity contribution is 0.535. The van der Waals surface area contributed by atoms with E-state index in [0.717, 1.165) is 33.7 Å². The number of halogens is 1. The van der Waals surface area contributed by atoms with Crippen LogP contribution in [0.15, 0.2) is 10.7 Å². The van der Waals surface area contributed by atoms with Crippen LogP contribution >= 0.6 is 27.5 Å². The molecule has 0 aliphatic heterocycles. The second-order valence-corrected chi connectivity index (χ2v) is 5.69. The van der Waals surface area contributed by atoms with Crippen molar-refractivity contribution in [1.82, 2.24) is 24.7 Å². The van der Waals surface area contributed by atoms with Crippen LogP contribution in [0.25, 0.3) is 0 Å². The summed E-state index contributed by atoms with van der Waals surface area (Å²) in [4.78, 5) is 1.14. The number of nitrogens with one attached hydrogen (secondary N) is 1. The standard InChI is InChI=1S/C11H16BrN5S/c1-4-5-17-10(8(12)6-14-17)9(13-3)11-7(2)15-16-18-11/h6,9,13H,4-5H2,1-3H3. The second kappa shape index (κ2) is 5.90. The molecule has 0 bridgehead atoms. The highest BCUT2D eigenvalue weighted by molar-refractivity contribution is 9.10. The molecule has 98 valence electrons. The molecule has 0 radical (unpaired) electrons. The summed E-state index contributed by atoms with van der Waals surface area (Å²) in [5, 5.41) is 11.8. The molecule has 2 aromatic heterocycles. The van der Waals surface area contributed by atoms with E-state index < -0.39 is 0 Å². The Morgan fingerprint density at radius 3 is 2.89 bits per heavy atom. The lowest BCUT2D eigenvalue weighted by atomic mass is 10.1. The van der Waals surface area contributed by atoms with Gasteiger partial charge < -0.3 is 5.32 Å². The molecule has 2 aromatic rings. The quantitative estimate of drug-likeness (QED) is 0.915. The van der Waals surface area contributed by atoms with E-state index >= 15 is 0 Å². The van der Waals surface area contributed by atoms with Crippen LogP contribution < -0.4 is 5.32 Å². The summed E-state index contributed by atoms with van der Waals surface area (Å²) in [7, 11) is 1.94. The predicted molar refractivity (Wildman–Crippen MR) is 75.8 cm³/mol. The van der Waals surface area contributed by atoms with Gasteiger partial charge >= 0.3 is 0 Å². The van der Waals surface area contributed by atoms with Crippen LogP contribution in [0.5, 0.6) is 0 Å². The number of rotatable bonds is 5. The molecule has 1 atom stereocenters. The molecule has 0 aromatic carbocycles. The number of hydrogen-bond acceptors (Lipinski definition) is 5. The fourth-order valence-electron chi connectivity index (χ4n) is 1.94. The molecule has 7 heteroatoms. The highest BCUT2D eigenvalue weighted by atomic mass is 79.9. The van der Waals surface area contributed by atoms with Gasteiger partial charge in [-0.05, 0) is 47.9 Å². The first-order valence-corrected chi connectivity index (χ1v) is 7.43. The average molecular weight is 330 g/mol. The van der Waals surface area contributed by atoms with E-state index in [-0.39, 0.29) is 6.04 Å². The first kappa shape index (κ1) is 13.6. The van der Waals surface area contributed by atoms with Gasteiger partial charge in [0.15, 0.2) is 0 Å². The normalized spacial score (nSPS) is 12.9.